The van der Waals surface area contributed by atoms with Crippen molar-refractivity contribution < 1.29 is 14.7 Å². The van der Waals surface area contributed by atoms with E-state index in [1.54, 1.807) is 6.92 Å². The Morgan fingerprint density at radius 3 is 2.67 bits per heavy atom. The predicted molar refractivity (Wildman–Crippen MR) is 65.4 cm³/mol. The standard InChI is InChI=1S/C12H16N2O4/c1-3-14(7-8(2)12(17)18)11(16)9-6-13-5-4-10(9)15/h4-6,8H,3,7H2,1-2H3,(H,13,15)(H,17,18). The molecule has 1 unspecified atom stereocenters. The first-order valence-corrected chi connectivity index (χ1v) is 5.66. The fourth-order valence-electron chi connectivity index (χ4n) is 1.52. The van der Waals surface area contributed by atoms with Crippen LogP contribution in [0.4, 0.5) is 0 Å². The fourth-order valence-corrected chi connectivity index (χ4v) is 1.52. The number of aliphatic carboxylic acids is 1. The first-order valence-electron chi connectivity index (χ1n) is 5.66. The lowest BCUT2D eigenvalue weighted by Crippen LogP contribution is -2.38. The van der Waals surface area contributed by atoms with Crippen LogP contribution in [0.15, 0.2) is 23.3 Å². The number of nitrogens with zero attached hydrogens (tertiary/aromatic N) is 1. The van der Waals surface area contributed by atoms with E-state index in [0.29, 0.717) is 6.54 Å². The summed E-state index contributed by atoms with van der Waals surface area (Å²) in [6, 6.07) is 1.27. The number of amides is 1. The molecule has 0 saturated carbocycles. The lowest BCUT2D eigenvalue weighted by molar-refractivity contribution is -0.141. The van der Waals surface area contributed by atoms with Gasteiger partial charge < -0.3 is 15.0 Å². The predicted octanol–water partition coefficient (Wildman–Crippen LogP) is 0.558. The number of hydrogen-bond acceptors (Lipinski definition) is 3. The van der Waals surface area contributed by atoms with Gasteiger partial charge in [0.2, 0.25) is 0 Å². The number of aromatic amines is 1. The normalized spacial score (nSPS) is 11.9. The van der Waals surface area contributed by atoms with E-state index < -0.39 is 17.8 Å². The minimum absolute atomic E-state index is 0.0249. The Hall–Kier alpha value is -2.11. The fraction of sp³-hybridized carbons (Fsp3) is 0.417. The Morgan fingerprint density at radius 2 is 2.17 bits per heavy atom. The van der Waals surface area contributed by atoms with Crippen LogP contribution in [-0.4, -0.2) is 40.0 Å². The van der Waals surface area contributed by atoms with E-state index in [4.69, 9.17) is 5.11 Å². The summed E-state index contributed by atoms with van der Waals surface area (Å²) in [5, 5.41) is 8.83. The van der Waals surface area contributed by atoms with Crippen LogP contribution >= 0.6 is 0 Å². The highest BCUT2D eigenvalue weighted by Crippen LogP contribution is 2.04. The number of carboxylic acid groups (broad SMARTS) is 1. The zero-order chi connectivity index (χ0) is 13.7. The van der Waals surface area contributed by atoms with Crippen LogP contribution in [0.1, 0.15) is 24.2 Å². The molecule has 0 spiro atoms. The summed E-state index contributed by atoms with van der Waals surface area (Å²) in [6.07, 6.45) is 2.77. The third kappa shape index (κ3) is 3.19. The molecule has 6 heteroatoms. The summed E-state index contributed by atoms with van der Waals surface area (Å²) in [7, 11) is 0. The van der Waals surface area contributed by atoms with Gasteiger partial charge in [-0.1, -0.05) is 6.92 Å². The van der Waals surface area contributed by atoms with Crippen molar-refractivity contribution >= 4 is 11.9 Å². The number of hydrogen-bond donors (Lipinski definition) is 2. The molecule has 0 saturated heterocycles. The van der Waals surface area contributed by atoms with Crippen molar-refractivity contribution in [2.24, 2.45) is 5.92 Å². The number of carbonyl (C=O) groups excluding carboxylic acids is 1. The summed E-state index contributed by atoms with van der Waals surface area (Å²) >= 11 is 0. The van der Waals surface area contributed by atoms with Crippen LogP contribution in [0.2, 0.25) is 0 Å². The van der Waals surface area contributed by atoms with Gasteiger partial charge in [0.25, 0.3) is 5.91 Å². The Labute approximate surface area is 104 Å². The molecule has 0 aliphatic heterocycles. The third-order valence-electron chi connectivity index (χ3n) is 2.64. The quantitative estimate of drug-likeness (QED) is 0.801. The summed E-state index contributed by atoms with van der Waals surface area (Å²) < 4.78 is 0. The Morgan fingerprint density at radius 1 is 1.50 bits per heavy atom. The molecular formula is C12H16N2O4. The van der Waals surface area contributed by atoms with Crippen molar-refractivity contribution in [3.63, 3.8) is 0 Å². The van der Waals surface area contributed by atoms with Crippen molar-refractivity contribution in [3.8, 4) is 0 Å². The topological polar surface area (TPSA) is 90.5 Å². The van der Waals surface area contributed by atoms with Crippen LogP contribution in [0.3, 0.4) is 0 Å². The molecule has 1 aromatic rings. The lowest BCUT2D eigenvalue weighted by atomic mass is 10.1. The highest BCUT2D eigenvalue weighted by Gasteiger charge is 2.21. The number of nitrogens with one attached hydrogen (secondary N) is 1. The lowest BCUT2D eigenvalue weighted by Gasteiger charge is -2.22. The van der Waals surface area contributed by atoms with Crippen molar-refractivity contribution in [3.05, 3.63) is 34.2 Å². The van der Waals surface area contributed by atoms with E-state index in [1.807, 2.05) is 0 Å². The summed E-state index contributed by atoms with van der Waals surface area (Å²) in [5.41, 5.74) is -0.350. The molecule has 1 aromatic heterocycles. The average Bonchev–Trinajstić information content (AvgIpc) is 2.35. The highest BCUT2D eigenvalue weighted by molar-refractivity contribution is 5.94. The maximum absolute atomic E-state index is 12.1. The molecular weight excluding hydrogens is 236 g/mol. The highest BCUT2D eigenvalue weighted by atomic mass is 16.4. The van der Waals surface area contributed by atoms with E-state index in [9.17, 15) is 14.4 Å². The van der Waals surface area contributed by atoms with Gasteiger partial charge in [-0.05, 0) is 6.92 Å². The first-order chi connectivity index (χ1) is 8.47. The summed E-state index contributed by atoms with van der Waals surface area (Å²) in [5.74, 6) is -2.09. The molecule has 0 radical (unpaired) electrons. The van der Waals surface area contributed by atoms with Crippen molar-refractivity contribution in [1.29, 1.82) is 0 Å². The van der Waals surface area contributed by atoms with Gasteiger partial charge in [-0.25, -0.2) is 0 Å². The first kappa shape index (κ1) is 14.0. The zero-order valence-corrected chi connectivity index (χ0v) is 10.3. The Balaban J connectivity index is 2.90. The summed E-state index contributed by atoms with van der Waals surface area (Å²) in [4.78, 5) is 38.4. The average molecular weight is 252 g/mol. The second kappa shape index (κ2) is 6.00. The minimum Gasteiger partial charge on any atom is -0.481 e. The van der Waals surface area contributed by atoms with Crippen molar-refractivity contribution in [1.82, 2.24) is 9.88 Å². The second-order valence-corrected chi connectivity index (χ2v) is 4.01. The number of carboxylic acids is 1. The van der Waals surface area contributed by atoms with Gasteiger partial charge >= 0.3 is 5.97 Å². The number of pyridine rings is 1. The van der Waals surface area contributed by atoms with Crippen molar-refractivity contribution in [2.75, 3.05) is 13.1 Å². The molecule has 1 atom stereocenters. The molecule has 0 aliphatic rings. The monoisotopic (exact) mass is 252 g/mol. The van der Waals surface area contributed by atoms with Gasteiger partial charge in [-0.3, -0.25) is 14.4 Å². The molecule has 0 fully saturated rings. The van der Waals surface area contributed by atoms with Gasteiger partial charge in [-0.2, -0.15) is 0 Å². The maximum atomic E-state index is 12.1. The molecule has 1 heterocycles. The van der Waals surface area contributed by atoms with Crippen LogP contribution in [0.25, 0.3) is 0 Å². The SMILES string of the molecule is CCN(CC(C)C(=O)O)C(=O)c1c[nH]ccc1=O. The molecule has 2 N–H and O–H groups in total. The molecule has 1 amide bonds. The van der Waals surface area contributed by atoms with Gasteiger partial charge in [-0.15, -0.1) is 0 Å². The van der Waals surface area contributed by atoms with E-state index >= 15 is 0 Å². The van der Waals surface area contributed by atoms with Crippen LogP contribution in [0, 0.1) is 5.92 Å². The van der Waals surface area contributed by atoms with Gasteiger partial charge in [0.1, 0.15) is 5.56 Å². The van der Waals surface area contributed by atoms with Crippen molar-refractivity contribution in [2.45, 2.75) is 13.8 Å². The van der Waals surface area contributed by atoms with Crippen LogP contribution in [-0.2, 0) is 4.79 Å². The van der Waals surface area contributed by atoms with Gasteiger partial charge in [0, 0.05) is 31.5 Å². The van der Waals surface area contributed by atoms with E-state index in [2.05, 4.69) is 4.98 Å². The van der Waals surface area contributed by atoms with Gasteiger partial charge in [0.05, 0.1) is 5.92 Å². The number of carbonyl (C=O) groups is 2. The smallest absolute Gasteiger partial charge is 0.308 e. The number of rotatable bonds is 5. The maximum Gasteiger partial charge on any atom is 0.308 e. The molecule has 0 aliphatic carbocycles. The number of H-pyrrole nitrogens is 1. The van der Waals surface area contributed by atoms with E-state index in [0.717, 1.165) is 0 Å². The molecule has 98 valence electrons. The Kier molecular flexibility index (Phi) is 4.65. The van der Waals surface area contributed by atoms with Gasteiger partial charge in [0.15, 0.2) is 5.43 Å². The van der Waals surface area contributed by atoms with E-state index in [1.165, 1.54) is 30.3 Å². The largest absolute Gasteiger partial charge is 0.481 e. The number of aromatic nitrogens is 1. The Bertz CT molecular complexity index is 495. The zero-order valence-electron chi connectivity index (χ0n) is 10.3. The van der Waals surface area contributed by atoms with Crippen LogP contribution < -0.4 is 5.43 Å². The van der Waals surface area contributed by atoms with Crippen LogP contribution in [0.5, 0.6) is 0 Å². The molecule has 6 nitrogen and oxygen atoms in total. The molecule has 0 aromatic carbocycles. The second-order valence-electron chi connectivity index (χ2n) is 4.01. The summed E-state index contributed by atoms with van der Waals surface area (Å²) in [6.45, 7) is 3.70. The minimum atomic E-state index is -0.969. The molecule has 0 bridgehead atoms. The molecule has 1 rings (SSSR count). The molecule has 18 heavy (non-hydrogen) atoms. The van der Waals surface area contributed by atoms with E-state index in [-0.39, 0.29) is 17.5 Å². The third-order valence-corrected chi connectivity index (χ3v) is 2.64.